The monoisotopic (exact) mass is 298 g/mol. The normalized spacial score (nSPS) is 18.1. The van der Waals surface area contributed by atoms with Crippen LogP contribution in [0.25, 0.3) is 0 Å². The Labute approximate surface area is 129 Å². The van der Waals surface area contributed by atoms with Crippen LogP contribution in [-0.4, -0.2) is 18.0 Å². The van der Waals surface area contributed by atoms with Crippen molar-refractivity contribution in [2.24, 2.45) is 5.92 Å². The highest BCUT2D eigenvalue weighted by molar-refractivity contribution is 5.96. The molecule has 1 N–H and O–H groups in total. The number of esters is 1. The lowest BCUT2D eigenvalue weighted by Crippen LogP contribution is -2.32. The molecule has 1 aliphatic rings. The molecule has 0 saturated heterocycles. The van der Waals surface area contributed by atoms with Gasteiger partial charge in [-0.3, -0.25) is 9.59 Å². The number of amides is 1. The van der Waals surface area contributed by atoms with Gasteiger partial charge in [0.05, 0.1) is 17.2 Å². The maximum absolute atomic E-state index is 12.1. The molecule has 1 aliphatic carbocycles. The van der Waals surface area contributed by atoms with E-state index in [1.165, 1.54) is 6.92 Å². The van der Waals surface area contributed by atoms with Crippen molar-refractivity contribution in [2.75, 3.05) is 5.32 Å². The number of hydrogen-bond acceptors (Lipinski definition) is 4. The van der Waals surface area contributed by atoms with Crippen molar-refractivity contribution in [1.29, 1.82) is 5.26 Å². The Morgan fingerprint density at radius 2 is 2.14 bits per heavy atom. The number of ether oxygens (including phenoxy) is 1. The number of nitrogens with one attached hydrogen (secondary N) is 1. The Morgan fingerprint density at radius 3 is 2.82 bits per heavy atom. The fourth-order valence-corrected chi connectivity index (χ4v) is 2.26. The second kappa shape index (κ2) is 7.41. The van der Waals surface area contributed by atoms with E-state index in [-0.39, 0.29) is 11.9 Å². The number of rotatable bonds is 4. The van der Waals surface area contributed by atoms with Gasteiger partial charge in [0, 0.05) is 0 Å². The molecule has 0 aromatic heterocycles. The van der Waals surface area contributed by atoms with Gasteiger partial charge >= 0.3 is 5.97 Å². The average Bonchev–Trinajstić information content (AvgIpc) is 2.56. The summed E-state index contributed by atoms with van der Waals surface area (Å²) in [5.74, 6) is -0.963. The van der Waals surface area contributed by atoms with Crippen LogP contribution in [-0.2, 0) is 14.3 Å². The molecular formula is C17H18N2O3. The van der Waals surface area contributed by atoms with E-state index in [0.29, 0.717) is 17.7 Å². The van der Waals surface area contributed by atoms with Crippen molar-refractivity contribution in [3.05, 3.63) is 42.0 Å². The van der Waals surface area contributed by atoms with Gasteiger partial charge in [-0.1, -0.05) is 24.3 Å². The Morgan fingerprint density at radius 1 is 1.36 bits per heavy atom. The smallest absolute Gasteiger partial charge is 0.310 e. The van der Waals surface area contributed by atoms with E-state index >= 15 is 0 Å². The first-order valence-electron chi connectivity index (χ1n) is 7.27. The van der Waals surface area contributed by atoms with Crippen LogP contribution < -0.4 is 5.32 Å². The van der Waals surface area contributed by atoms with Crippen molar-refractivity contribution >= 4 is 17.6 Å². The number of benzene rings is 1. The summed E-state index contributed by atoms with van der Waals surface area (Å²) in [5, 5.41) is 11.6. The molecule has 0 aliphatic heterocycles. The maximum atomic E-state index is 12.1. The molecule has 1 aromatic carbocycles. The number of hydrogen-bond donors (Lipinski definition) is 1. The summed E-state index contributed by atoms with van der Waals surface area (Å²) in [6.07, 6.45) is 5.37. The van der Waals surface area contributed by atoms with E-state index in [2.05, 4.69) is 5.32 Å². The molecule has 2 atom stereocenters. The van der Waals surface area contributed by atoms with E-state index in [0.717, 1.165) is 12.8 Å². The van der Waals surface area contributed by atoms with E-state index in [1.807, 2.05) is 18.2 Å². The van der Waals surface area contributed by atoms with Gasteiger partial charge < -0.3 is 10.1 Å². The summed E-state index contributed by atoms with van der Waals surface area (Å²) < 4.78 is 5.23. The largest absolute Gasteiger partial charge is 0.452 e. The Kier molecular flexibility index (Phi) is 5.31. The second-order valence-electron chi connectivity index (χ2n) is 5.21. The van der Waals surface area contributed by atoms with Gasteiger partial charge in [0.15, 0.2) is 6.10 Å². The number of nitriles is 1. The molecule has 114 valence electrons. The van der Waals surface area contributed by atoms with E-state index < -0.39 is 12.0 Å². The number of carbonyl (C=O) groups is 2. The molecule has 0 heterocycles. The zero-order valence-corrected chi connectivity index (χ0v) is 12.4. The van der Waals surface area contributed by atoms with Crippen LogP contribution in [0, 0.1) is 17.2 Å². The quantitative estimate of drug-likeness (QED) is 0.684. The number of para-hydroxylation sites is 1. The van der Waals surface area contributed by atoms with Crippen LogP contribution in [0.2, 0.25) is 0 Å². The fourth-order valence-electron chi connectivity index (χ4n) is 2.26. The Bertz CT molecular complexity index is 631. The minimum atomic E-state index is -0.898. The molecule has 0 unspecified atom stereocenters. The summed E-state index contributed by atoms with van der Waals surface area (Å²) in [6, 6.07) is 8.69. The predicted molar refractivity (Wildman–Crippen MR) is 81.8 cm³/mol. The summed E-state index contributed by atoms with van der Waals surface area (Å²) in [5.41, 5.74) is 0.783. The standard InChI is InChI=1S/C17H18N2O3/c1-12(22-17(21)13-7-3-2-4-8-13)16(20)19-15-10-6-5-9-14(15)11-18/h2-3,5-6,9-10,12-13H,4,7-8H2,1H3,(H,19,20)/t12-,13+/m1/s1. The molecule has 0 radical (unpaired) electrons. The van der Waals surface area contributed by atoms with E-state index in [4.69, 9.17) is 10.00 Å². The Hall–Kier alpha value is -2.61. The molecule has 1 amide bonds. The molecule has 2 rings (SSSR count). The van der Waals surface area contributed by atoms with E-state index in [9.17, 15) is 9.59 Å². The molecule has 0 spiro atoms. The highest BCUT2D eigenvalue weighted by atomic mass is 16.5. The molecule has 22 heavy (non-hydrogen) atoms. The van der Waals surface area contributed by atoms with Gasteiger partial charge in [0.1, 0.15) is 6.07 Å². The number of nitrogens with zero attached hydrogens (tertiary/aromatic N) is 1. The maximum Gasteiger partial charge on any atom is 0.310 e. The summed E-state index contributed by atoms with van der Waals surface area (Å²) in [7, 11) is 0. The van der Waals surface area contributed by atoms with Crippen molar-refractivity contribution < 1.29 is 14.3 Å². The van der Waals surface area contributed by atoms with Gasteiger partial charge in [0.2, 0.25) is 0 Å². The molecule has 1 aromatic rings. The molecule has 0 fully saturated rings. The van der Waals surface area contributed by atoms with Crippen LogP contribution in [0.4, 0.5) is 5.69 Å². The van der Waals surface area contributed by atoms with Crippen LogP contribution in [0.3, 0.4) is 0 Å². The van der Waals surface area contributed by atoms with Crippen molar-refractivity contribution in [2.45, 2.75) is 32.3 Å². The minimum absolute atomic E-state index is 0.174. The topological polar surface area (TPSA) is 79.2 Å². The van der Waals surface area contributed by atoms with Gasteiger partial charge in [-0.2, -0.15) is 5.26 Å². The number of anilines is 1. The van der Waals surface area contributed by atoms with Crippen molar-refractivity contribution in [3.63, 3.8) is 0 Å². The SMILES string of the molecule is C[C@@H](OC(=O)[C@H]1CC=CCC1)C(=O)Nc1ccccc1C#N. The lowest BCUT2D eigenvalue weighted by Gasteiger charge is -2.19. The average molecular weight is 298 g/mol. The van der Waals surface area contributed by atoms with Crippen LogP contribution in [0.1, 0.15) is 31.7 Å². The first-order chi connectivity index (χ1) is 10.6. The molecule has 0 bridgehead atoms. The van der Waals surface area contributed by atoms with Crippen molar-refractivity contribution in [1.82, 2.24) is 0 Å². The van der Waals surface area contributed by atoms with Crippen LogP contribution >= 0.6 is 0 Å². The zero-order chi connectivity index (χ0) is 15.9. The summed E-state index contributed by atoms with van der Waals surface area (Å²) >= 11 is 0. The second-order valence-corrected chi connectivity index (χ2v) is 5.21. The van der Waals surface area contributed by atoms with Gasteiger partial charge in [0.25, 0.3) is 5.91 Å². The highest BCUT2D eigenvalue weighted by Gasteiger charge is 2.25. The third kappa shape index (κ3) is 3.95. The van der Waals surface area contributed by atoms with Crippen LogP contribution in [0.15, 0.2) is 36.4 Å². The molecular weight excluding hydrogens is 280 g/mol. The minimum Gasteiger partial charge on any atom is -0.452 e. The molecule has 5 heteroatoms. The molecule has 0 saturated carbocycles. The Balaban J connectivity index is 1.93. The predicted octanol–water partition coefficient (Wildman–Crippen LogP) is 2.78. The third-order valence-electron chi connectivity index (χ3n) is 3.57. The number of allylic oxidation sites excluding steroid dienone is 2. The zero-order valence-electron chi connectivity index (χ0n) is 12.4. The number of carbonyl (C=O) groups excluding carboxylic acids is 2. The van der Waals surface area contributed by atoms with Gasteiger partial charge in [-0.25, -0.2) is 0 Å². The first kappa shape index (κ1) is 15.8. The third-order valence-corrected chi connectivity index (χ3v) is 3.57. The lowest BCUT2D eigenvalue weighted by molar-refractivity contribution is -0.157. The van der Waals surface area contributed by atoms with Gasteiger partial charge in [-0.05, 0) is 38.3 Å². The van der Waals surface area contributed by atoms with Crippen LogP contribution in [0.5, 0.6) is 0 Å². The molecule has 5 nitrogen and oxygen atoms in total. The summed E-state index contributed by atoms with van der Waals surface area (Å²) in [6.45, 7) is 1.53. The van der Waals surface area contributed by atoms with E-state index in [1.54, 1.807) is 24.3 Å². The summed E-state index contributed by atoms with van der Waals surface area (Å²) in [4.78, 5) is 24.1. The fraction of sp³-hybridized carbons (Fsp3) is 0.353. The highest BCUT2D eigenvalue weighted by Crippen LogP contribution is 2.20. The lowest BCUT2D eigenvalue weighted by atomic mass is 9.95. The first-order valence-corrected chi connectivity index (χ1v) is 7.27. The van der Waals surface area contributed by atoms with Crippen molar-refractivity contribution in [3.8, 4) is 6.07 Å². The van der Waals surface area contributed by atoms with Gasteiger partial charge in [-0.15, -0.1) is 0 Å².